The number of unbranched alkanes of at least 4 members (excludes halogenated alkanes) is 6. The molecule has 4 atom stereocenters. The van der Waals surface area contributed by atoms with Crippen molar-refractivity contribution in [2.75, 3.05) is 26.4 Å². The Balaban J connectivity index is 1.02. The lowest BCUT2D eigenvalue weighted by Crippen LogP contribution is -2.35. The fourth-order valence-corrected chi connectivity index (χ4v) is 5.81. The van der Waals surface area contributed by atoms with Crippen LogP contribution in [0.25, 0.3) is 6.08 Å². The first-order valence-corrected chi connectivity index (χ1v) is 18.0. The Labute approximate surface area is 300 Å². The van der Waals surface area contributed by atoms with Gasteiger partial charge in [0.25, 0.3) is 0 Å². The van der Waals surface area contributed by atoms with Crippen LogP contribution in [0.5, 0.6) is 17.2 Å². The zero-order chi connectivity index (χ0) is 35.8. The maximum atomic E-state index is 12.8. The van der Waals surface area contributed by atoms with E-state index in [-0.39, 0.29) is 13.2 Å². The second-order valence-electron chi connectivity index (χ2n) is 12.7. The van der Waals surface area contributed by atoms with Gasteiger partial charge in [-0.05, 0) is 85.1 Å². The molecule has 5 rings (SSSR count). The molecule has 272 valence electrons. The van der Waals surface area contributed by atoms with Crippen molar-refractivity contribution in [3.63, 3.8) is 0 Å². The minimum Gasteiger partial charge on any atom is -0.494 e. The molecule has 10 heteroatoms. The number of benzene rings is 3. The van der Waals surface area contributed by atoms with Crippen molar-refractivity contribution in [1.29, 1.82) is 0 Å². The number of ether oxygens (including phenoxy) is 7. The first-order chi connectivity index (χ1) is 24.9. The Morgan fingerprint density at radius 1 is 0.608 bits per heavy atom. The summed E-state index contributed by atoms with van der Waals surface area (Å²) < 4.78 is 40.0. The summed E-state index contributed by atoms with van der Waals surface area (Å²) in [4.78, 5) is 38.1. The topological polar surface area (TPSA) is 116 Å². The summed E-state index contributed by atoms with van der Waals surface area (Å²) >= 11 is 0. The van der Waals surface area contributed by atoms with E-state index in [0.29, 0.717) is 41.4 Å². The van der Waals surface area contributed by atoms with E-state index in [2.05, 4.69) is 13.8 Å². The summed E-state index contributed by atoms with van der Waals surface area (Å²) in [6.07, 6.45) is 9.57. The Bertz CT molecular complexity index is 1570. The number of carbonyl (C=O) groups is 3. The average Bonchev–Trinajstić information content (AvgIpc) is 3.74. The summed E-state index contributed by atoms with van der Waals surface area (Å²) in [5.74, 6) is 0.268. The van der Waals surface area contributed by atoms with Crippen LogP contribution in [0, 0.1) is 0 Å². The first-order valence-electron chi connectivity index (χ1n) is 18.0. The van der Waals surface area contributed by atoms with Crippen LogP contribution in [-0.4, -0.2) is 68.8 Å². The fourth-order valence-electron chi connectivity index (χ4n) is 5.81. The minimum absolute atomic E-state index is 0.127. The van der Waals surface area contributed by atoms with Gasteiger partial charge in [0.1, 0.15) is 29.5 Å². The highest BCUT2D eigenvalue weighted by molar-refractivity contribution is 5.91. The van der Waals surface area contributed by atoms with Gasteiger partial charge >= 0.3 is 17.9 Å². The normalized spacial score (nSPS) is 19.4. The SMILES string of the molecule is CCCCCCOc1ccc(C(=O)Oc2ccc(/C=C/C(=O)O[C@H]3CO[C@H]4[C@@H]3OC[C@H]4OC(=O)c3ccc(OCCCCCC)cc3)cc2)cc1. The van der Waals surface area contributed by atoms with Gasteiger partial charge in [0.2, 0.25) is 0 Å². The number of rotatable bonds is 19. The van der Waals surface area contributed by atoms with Crippen molar-refractivity contribution in [3.05, 3.63) is 95.6 Å². The van der Waals surface area contributed by atoms with Gasteiger partial charge in [0.05, 0.1) is 37.6 Å². The third kappa shape index (κ3) is 11.4. The summed E-state index contributed by atoms with van der Waals surface area (Å²) in [5.41, 5.74) is 1.53. The van der Waals surface area contributed by atoms with E-state index in [9.17, 15) is 14.4 Å². The molecule has 2 saturated heterocycles. The third-order valence-electron chi connectivity index (χ3n) is 8.70. The van der Waals surface area contributed by atoms with Crippen molar-refractivity contribution in [2.45, 2.75) is 89.6 Å². The predicted molar refractivity (Wildman–Crippen MR) is 191 cm³/mol. The largest absolute Gasteiger partial charge is 0.494 e. The molecule has 2 heterocycles. The lowest BCUT2D eigenvalue weighted by molar-refractivity contribution is -0.147. The van der Waals surface area contributed by atoms with Crippen LogP contribution in [0.4, 0.5) is 0 Å². The highest BCUT2D eigenvalue weighted by atomic mass is 16.7. The van der Waals surface area contributed by atoms with E-state index in [4.69, 9.17) is 33.2 Å². The van der Waals surface area contributed by atoms with Gasteiger partial charge in [-0.15, -0.1) is 0 Å². The molecule has 0 spiro atoms. The Kier molecular flexibility index (Phi) is 14.5. The molecule has 0 radical (unpaired) electrons. The van der Waals surface area contributed by atoms with Crippen LogP contribution in [0.2, 0.25) is 0 Å². The molecule has 0 aromatic heterocycles. The monoisotopic (exact) mass is 700 g/mol. The molecule has 2 aliphatic heterocycles. The highest BCUT2D eigenvalue weighted by Crippen LogP contribution is 2.31. The maximum Gasteiger partial charge on any atom is 0.343 e. The van der Waals surface area contributed by atoms with Crippen LogP contribution < -0.4 is 14.2 Å². The van der Waals surface area contributed by atoms with Gasteiger partial charge < -0.3 is 33.2 Å². The Morgan fingerprint density at radius 3 is 1.63 bits per heavy atom. The Hall–Kier alpha value is -4.67. The second-order valence-corrected chi connectivity index (χ2v) is 12.7. The minimum atomic E-state index is -0.641. The number of hydrogen-bond acceptors (Lipinski definition) is 10. The van der Waals surface area contributed by atoms with Crippen LogP contribution >= 0.6 is 0 Å². The molecule has 0 aliphatic carbocycles. The zero-order valence-electron chi connectivity index (χ0n) is 29.5. The average molecular weight is 701 g/mol. The molecule has 2 aliphatic rings. The van der Waals surface area contributed by atoms with E-state index >= 15 is 0 Å². The van der Waals surface area contributed by atoms with Crippen LogP contribution in [0.15, 0.2) is 78.9 Å². The summed E-state index contributed by atoms with van der Waals surface area (Å²) in [6.45, 7) is 5.90. The quantitative estimate of drug-likeness (QED) is 0.0532. The van der Waals surface area contributed by atoms with Gasteiger partial charge in [-0.1, -0.05) is 64.5 Å². The van der Waals surface area contributed by atoms with Crippen molar-refractivity contribution < 1.29 is 47.5 Å². The van der Waals surface area contributed by atoms with E-state index < -0.39 is 42.3 Å². The maximum absolute atomic E-state index is 12.8. The van der Waals surface area contributed by atoms with E-state index in [0.717, 1.165) is 31.4 Å². The van der Waals surface area contributed by atoms with E-state index in [1.165, 1.54) is 31.8 Å². The standard InChI is InChI=1S/C41H48O10/c1-3-5-7-9-25-45-32-20-14-30(15-21-32)40(43)49-34-18-11-29(12-19-34)13-24-37(42)50-35-27-47-39-36(28-48-38(35)39)51-41(44)31-16-22-33(23-17-31)46-26-10-8-6-4-2/h11-24,35-36,38-39H,3-10,25-28H2,1-2H3/b24-13+/t35-,36+,38+,39+/m0/s1. The molecule has 0 saturated carbocycles. The van der Waals surface area contributed by atoms with Gasteiger partial charge in [-0.3, -0.25) is 0 Å². The summed E-state index contributed by atoms with van der Waals surface area (Å²) in [6, 6.07) is 20.5. The molecule has 0 N–H and O–H groups in total. The molecule has 3 aromatic rings. The van der Waals surface area contributed by atoms with Crippen LogP contribution in [-0.2, 0) is 23.7 Å². The molecule has 0 amide bonds. The first kappa shape index (κ1) is 37.6. The van der Waals surface area contributed by atoms with Crippen LogP contribution in [0.3, 0.4) is 0 Å². The molecular formula is C41H48O10. The smallest absolute Gasteiger partial charge is 0.343 e. The Morgan fingerprint density at radius 2 is 1.10 bits per heavy atom. The van der Waals surface area contributed by atoms with Crippen molar-refractivity contribution in [2.24, 2.45) is 0 Å². The lowest BCUT2D eigenvalue weighted by Gasteiger charge is -2.17. The van der Waals surface area contributed by atoms with Gasteiger partial charge in [-0.2, -0.15) is 0 Å². The predicted octanol–water partition coefficient (Wildman–Crippen LogP) is 7.77. The molecule has 10 nitrogen and oxygen atoms in total. The number of carbonyl (C=O) groups excluding carboxylic acids is 3. The molecule has 3 aromatic carbocycles. The van der Waals surface area contributed by atoms with Gasteiger partial charge in [-0.25, -0.2) is 14.4 Å². The second kappa shape index (κ2) is 19.7. The summed E-state index contributed by atoms with van der Waals surface area (Å²) in [5, 5.41) is 0. The number of esters is 3. The molecule has 2 fully saturated rings. The molecule has 51 heavy (non-hydrogen) atoms. The van der Waals surface area contributed by atoms with E-state index in [1.54, 1.807) is 78.9 Å². The van der Waals surface area contributed by atoms with E-state index in [1.807, 2.05) is 0 Å². The lowest BCUT2D eigenvalue weighted by atomic mass is 10.1. The van der Waals surface area contributed by atoms with Crippen LogP contribution in [0.1, 0.15) is 91.5 Å². The van der Waals surface area contributed by atoms with Crippen molar-refractivity contribution >= 4 is 24.0 Å². The van der Waals surface area contributed by atoms with Gasteiger partial charge in [0, 0.05) is 6.08 Å². The third-order valence-corrected chi connectivity index (χ3v) is 8.70. The van der Waals surface area contributed by atoms with Crippen molar-refractivity contribution in [3.8, 4) is 17.2 Å². The van der Waals surface area contributed by atoms with Gasteiger partial charge in [0.15, 0.2) is 12.2 Å². The van der Waals surface area contributed by atoms with Crippen molar-refractivity contribution in [1.82, 2.24) is 0 Å². The zero-order valence-corrected chi connectivity index (χ0v) is 29.5. The molecular weight excluding hydrogens is 652 g/mol. The fraction of sp³-hybridized carbons (Fsp3) is 0.439. The number of hydrogen-bond donors (Lipinski definition) is 0. The molecule has 0 unspecified atom stereocenters. The highest BCUT2D eigenvalue weighted by Gasteiger charge is 2.51. The molecule has 0 bridgehead atoms. The summed E-state index contributed by atoms with van der Waals surface area (Å²) in [7, 11) is 0. The number of fused-ring (bicyclic) bond motifs is 1.